The molecule has 0 amide bonds. The molecular weight excluding hydrogens is 852 g/mol. The number of rotatable bonds is 8. The van der Waals surface area contributed by atoms with Crippen LogP contribution in [0.25, 0.3) is 0 Å². The molecule has 2 unspecified atom stereocenters. The number of carbonyl (C=O) groups is 2. The predicted octanol–water partition coefficient (Wildman–Crippen LogP) is 0.872. The molecule has 4 saturated carbocycles. The zero-order valence-electron chi connectivity index (χ0n) is 38.7. The van der Waals surface area contributed by atoms with Crippen molar-refractivity contribution in [3.63, 3.8) is 0 Å². The lowest BCUT2D eigenvalue weighted by molar-refractivity contribution is -0.354. The van der Waals surface area contributed by atoms with Gasteiger partial charge in [0, 0.05) is 0 Å². The minimum absolute atomic E-state index is 0.0646. The Morgan fingerprint density at radius 2 is 1.37 bits per heavy atom. The summed E-state index contributed by atoms with van der Waals surface area (Å²) in [5.74, 6) is -1.77. The number of carbonyl (C=O) groups excluding carboxylic acids is 1. The first-order valence-corrected chi connectivity index (χ1v) is 23.7. The molecule has 3 saturated heterocycles. The SMILES string of the molecule is CC1(C)CC[C@]2(C(=O)O[C@@H]3O[C@H](CO)[C@@H](O)[C@H](O)[C@H]3O)CC[C@]3(C)C(=CCC4[C@@]5(C)CC[C@@H](O[C@@H]6O[C@H](C(=O)O)[C@H](O[C@@H]7OC[C@H](O)[C@H](O)[C@H]7O)[C@H](O)[C@H]6O)C(C)(C)C5CC[C@]43C)[C@@H]2C1. The van der Waals surface area contributed by atoms with Gasteiger partial charge in [-0.25, -0.2) is 4.79 Å². The maximum Gasteiger partial charge on any atom is 0.335 e. The van der Waals surface area contributed by atoms with Crippen LogP contribution in [0.4, 0.5) is 0 Å². The Kier molecular flexibility index (Phi) is 13.1. The maximum atomic E-state index is 14.6. The average molecular weight is 927 g/mol. The van der Waals surface area contributed by atoms with E-state index in [9.17, 15) is 60.7 Å². The number of aliphatic carboxylic acids is 1. The largest absolute Gasteiger partial charge is 0.479 e. The third kappa shape index (κ3) is 7.76. The Bertz CT molecular complexity index is 1820. The van der Waals surface area contributed by atoms with E-state index in [1.54, 1.807) is 0 Å². The molecule has 22 atom stereocenters. The summed E-state index contributed by atoms with van der Waals surface area (Å²) in [4.78, 5) is 27.2. The molecule has 8 rings (SSSR count). The lowest BCUT2D eigenvalue weighted by Gasteiger charge is -2.71. The lowest BCUT2D eigenvalue weighted by atomic mass is 9.33. The van der Waals surface area contributed by atoms with Crippen molar-refractivity contribution >= 4 is 11.9 Å². The number of hydrogen-bond donors (Lipinski definition) is 10. The van der Waals surface area contributed by atoms with Gasteiger partial charge in [0.15, 0.2) is 18.7 Å². The van der Waals surface area contributed by atoms with Gasteiger partial charge in [0.05, 0.1) is 24.7 Å². The van der Waals surface area contributed by atoms with Crippen LogP contribution in [0.5, 0.6) is 0 Å². The number of ether oxygens (including phenoxy) is 6. The minimum Gasteiger partial charge on any atom is -0.479 e. The summed E-state index contributed by atoms with van der Waals surface area (Å²) < 4.78 is 34.9. The van der Waals surface area contributed by atoms with Crippen LogP contribution in [0.1, 0.15) is 113 Å². The Balaban J connectivity index is 1.01. The van der Waals surface area contributed by atoms with E-state index in [2.05, 4.69) is 54.5 Å². The standard InChI is InChI=1S/C47H74O18/c1-42(2)14-16-47(41(59)65-39-33(55)30(52)29(51)24(19-48)61-39)17-15-45(6)21(22(47)18-42)8-9-26-44(5)12-11-27(43(3,4)25(44)10-13-46(26,45)7)62-40-34(56)31(53)35(36(64-40)37(57)58)63-38-32(54)28(50)23(49)20-60-38/h8,22-36,38-40,48-56H,9-20H2,1-7H3,(H,57,58)/t22-,23-,24+,25?,26?,27+,28-,29+,30-,31+,32+,33+,34+,35+,36-,38-,39-,40+,44-,45+,46+,47-/m0/s1. The summed E-state index contributed by atoms with van der Waals surface area (Å²) in [6, 6.07) is 0. The second-order valence-electron chi connectivity index (χ2n) is 23.1. The van der Waals surface area contributed by atoms with Crippen LogP contribution in [-0.2, 0) is 38.0 Å². The molecule has 5 aliphatic carbocycles. The molecule has 18 heteroatoms. The Hall–Kier alpha value is -1.88. The van der Waals surface area contributed by atoms with Gasteiger partial charge in [-0.3, -0.25) is 4.79 Å². The summed E-state index contributed by atoms with van der Waals surface area (Å²) >= 11 is 0. The van der Waals surface area contributed by atoms with Crippen molar-refractivity contribution in [2.24, 2.45) is 50.2 Å². The van der Waals surface area contributed by atoms with E-state index >= 15 is 0 Å². The van der Waals surface area contributed by atoms with Gasteiger partial charge < -0.3 is 79.5 Å². The highest BCUT2D eigenvalue weighted by Gasteiger charge is 2.70. The fourth-order valence-electron chi connectivity index (χ4n) is 14.7. The van der Waals surface area contributed by atoms with Gasteiger partial charge in [-0.15, -0.1) is 0 Å². The van der Waals surface area contributed by atoms with Crippen LogP contribution < -0.4 is 0 Å². The van der Waals surface area contributed by atoms with Crippen molar-refractivity contribution in [3.8, 4) is 0 Å². The van der Waals surface area contributed by atoms with Gasteiger partial charge in [-0.1, -0.05) is 60.1 Å². The highest BCUT2D eigenvalue weighted by molar-refractivity contribution is 5.79. The number of aliphatic hydroxyl groups is 9. The minimum atomic E-state index is -1.84. The topological polar surface area (TPSA) is 292 Å². The number of fused-ring (bicyclic) bond motifs is 7. The second kappa shape index (κ2) is 17.2. The van der Waals surface area contributed by atoms with Crippen LogP contribution in [0.3, 0.4) is 0 Å². The van der Waals surface area contributed by atoms with E-state index in [0.717, 1.165) is 44.9 Å². The smallest absolute Gasteiger partial charge is 0.335 e. The zero-order chi connectivity index (χ0) is 47.6. The fourth-order valence-corrected chi connectivity index (χ4v) is 14.7. The number of hydrogen-bond acceptors (Lipinski definition) is 17. The normalized spacial score (nSPS) is 52.7. The first-order chi connectivity index (χ1) is 30.3. The summed E-state index contributed by atoms with van der Waals surface area (Å²) in [6.45, 7) is 14.9. The quantitative estimate of drug-likeness (QED) is 0.0918. The van der Waals surface area contributed by atoms with E-state index in [4.69, 9.17) is 28.4 Å². The lowest BCUT2D eigenvalue weighted by Crippen LogP contribution is -2.67. The van der Waals surface area contributed by atoms with Crippen molar-refractivity contribution in [1.82, 2.24) is 0 Å². The van der Waals surface area contributed by atoms with E-state index in [1.165, 1.54) is 5.57 Å². The predicted molar refractivity (Wildman–Crippen MR) is 225 cm³/mol. The van der Waals surface area contributed by atoms with Crippen LogP contribution in [0.2, 0.25) is 0 Å². The van der Waals surface area contributed by atoms with Crippen LogP contribution in [-0.4, -0.2) is 168 Å². The van der Waals surface area contributed by atoms with Crippen LogP contribution >= 0.6 is 0 Å². The highest BCUT2D eigenvalue weighted by Crippen LogP contribution is 2.76. The van der Waals surface area contributed by atoms with Crippen molar-refractivity contribution < 1.29 is 89.1 Å². The van der Waals surface area contributed by atoms with Gasteiger partial charge in [0.1, 0.15) is 61.0 Å². The molecular formula is C47H74O18. The molecule has 370 valence electrons. The highest BCUT2D eigenvalue weighted by atomic mass is 16.7. The molecule has 0 bridgehead atoms. The number of esters is 1. The fraction of sp³-hybridized carbons (Fsp3) is 0.915. The molecule has 65 heavy (non-hydrogen) atoms. The molecule has 18 nitrogen and oxygen atoms in total. The maximum absolute atomic E-state index is 14.6. The molecule has 8 aliphatic rings. The molecule has 3 aliphatic heterocycles. The van der Waals surface area contributed by atoms with Crippen molar-refractivity contribution in [1.29, 1.82) is 0 Å². The monoisotopic (exact) mass is 926 g/mol. The van der Waals surface area contributed by atoms with Crippen LogP contribution in [0.15, 0.2) is 11.6 Å². The molecule has 10 N–H and O–H groups in total. The molecule has 0 radical (unpaired) electrons. The third-order valence-electron chi connectivity index (χ3n) is 18.9. The summed E-state index contributed by atoms with van der Waals surface area (Å²) in [7, 11) is 0. The van der Waals surface area contributed by atoms with Crippen molar-refractivity contribution in [2.45, 2.75) is 205 Å². The van der Waals surface area contributed by atoms with Crippen molar-refractivity contribution in [3.05, 3.63) is 11.6 Å². The number of carboxylic acid groups (broad SMARTS) is 1. The Labute approximate surface area is 380 Å². The Morgan fingerprint density at radius 1 is 0.708 bits per heavy atom. The van der Waals surface area contributed by atoms with Gasteiger partial charge in [-0.05, 0) is 109 Å². The van der Waals surface area contributed by atoms with Gasteiger partial charge in [0.25, 0.3) is 0 Å². The van der Waals surface area contributed by atoms with Gasteiger partial charge in [0.2, 0.25) is 6.29 Å². The molecule has 0 spiro atoms. The Morgan fingerprint density at radius 3 is 2.05 bits per heavy atom. The molecule has 0 aromatic heterocycles. The number of aliphatic hydroxyl groups excluding tert-OH is 9. The summed E-state index contributed by atoms with van der Waals surface area (Å²) in [5.41, 5.74) is -0.801. The van der Waals surface area contributed by atoms with Gasteiger partial charge in [-0.2, -0.15) is 0 Å². The molecule has 3 heterocycles. The summed E-state index contributed by atoms with van der Waals surface area (Å²) in [6.07, 6.45) is -13.6. The second-order valence-corrected chi connectivity index (χ2v) is 23.1. The molecule has 0 aromatic carbocycles. The van der Waals surface area contributed by atoms with Crippen LogP contribution in [0, 0.1) is 50.2 Å². The molecule has 0 aromatic rings. The third-order valence-corrected chi connectivity index (χ3v) is 18.9. The number of carboxylic acids is 1. The van der Waals surface area contributed by atoms with Crippen molar-refractivity contribution in [2.75, 3.05) is 13.2 Å². The molecule has 7 fully saturated rings. The number of allylic oxidation sites excluding steroid dienone is 2. The van der Waals surface area contributed by atoms with E-state index in [0.29, 0.717) is 19.3 Å². The summed E-state index contributed by atoms with van der Waals surface area (Å²) in [5, 5.41) is 105. The van der Waals surface area contributed by atoms with E-state index in [-0.39, 0.29) is 39.4 Å². The zero-order valence-corrected chi connectivity index (χ0v) is 38.7. The van der Waals surface area contributed by atoms with E-state index in [1.807, 2.05) is 0 Å². The first kappa shape index (κ1) is 49.5. The van der Waals surface area contributed by atoms with E-state index < -0.39 is 128 Å². The van der Waals surface area contributed by atoms with Gasteiger partial charge >= 0.3 is 11.9 Å². The average Bonchev–Trinajstić information content (AvgIpc) is 3.24. The first-order valence-electron chi connectivity index (χ1n) is 23.7.